The Morgan fingerprint density at radius 3 is 2.60 bits per heavy atom. The van der Waals surface area contributed by atoms with E-state index in [0.717, 1.165) is 31.7 Å². The second-order valence-corrected chi connectivity index (χ2v) is 7.18. The third kappa shape index (κ3) is 5.45. The molecular weight excluding hydrogens is 314 g/mol. The maximum absolute atomic E-state index is 5.33. The second kappa shape index (κ2) is 8.04. The van der Waals surface area contributed by atoms with Crippen molar-refractivity contribution in [2.45, 2.75) is 40.5 Å². The highest BCUT2D eigenvalue weighted by atomic mass is 79.9. The van der Waals surface area contributed by atoms with E-state index in [-0.39, 0.29) is 5.41 Å². The van der Waals surface area contributed by atoms with E-state index in [4.69, 9.17) is 4.74 Å². The topological polar surface area (TPSA) is 21.3 Å². The van der Waals surface area contributed by atoms with Crippen molar-refractivity contribution >= 4 is 15.9 Å². The highest BCUT2D eigenvalue weighted by Gasteiger charge is 2.23. The zero-order chi connectivity index (χ0) is 15.2. The third-order valence-electron chi connectivity index (χ3n) is 3.83. The van der Waals surface area contributed by atoms with Crippen molar-refractivity contribution in [1.82, 2.24) is 5.32 Å². The number of hydrogen-bond donors (Lipinski definition) is 1. The second-order valence-electron chi connectivity index (χ2n) is 6.32. The van der Waals surface area contributed by atoms with Gasteiger partial charge in [0, 0.05) is 11.0 Å². The van der Waals surface area contributed by atoms with Crippen LogP contribution in [0.25, 0.3) is 0 Å². The molecule has 2 nitrogen and oxygen atoms in total. The predicted molar refractivity (Wildman–Crippen MR) is 90.5 cm³/mol. The molecule has 3 heteroatoms. The van der Waals surface area contributed by atoms with Gasteiger partial charge in [-0.2, -0.15) is 0 Å². The molecule has 0 bridgehead atoms. The average Bonchev–Trinajstić information content (AvgIpc) is 2.41. The predicted octanol–water partition coefficient (Wildman–Crippen LogP) is 4.66. The van der Waals surface area contributed by atoms with Gasteiger partial charge in [0.05, 0.1) is 7.11 Å². The first kappa shape index (κ1) is 17.5. The van der Waals surface area contributed by atoms with Gasteiger partial charge >= 0.3 is 0 Å². The molecule has 0 aromatic heterocycles. The Bertz CT molecular complexity index is 419. The minimum atomic E-state index is 0.268. The standard InChI is InChI=1S/C17H28BrNO/c1-6-17(4,12-19-11-13(2)3)10-14-9-15(20-5)7-8-16(14)18/h7-9,13,19H,6,10-12H2,1-5H3. The molecular formula is C17H28BrNO. The Hall–Kier alpha value is -0.540. The maximum Gasteiger partial charge on any atom is 0.119 e. The summed E-state index contributed by atoms with van der Waals surface area (Å²) in [4.78, 5) is 0. The quantitative estimate of drug-likeness (QED) is 0.742. The summed E-state index contributed by atoms with van der Waals surface area (Å²) in [6.07, 6.45) is 2.20. The maximum atomic E-state index is 5.33. The number of ether oxygens (including phenoxy) is 1. The molecule has 0 radical (unpaired) electrons. The molecule has 0 aliphatic heterocycles. The average molecular weight is 342 g/mol. The van der Waals surface area contributed by atoms with Crippen LogP contribution in [0.5, 0.6) is 5.75 Å². The molecule has 0 heterocycles. The van der Waals surface area contributed by atoms with Gasteiger partial charge in [-0.05, 0) is 54.5 Å². The van der Waals surface area contributed by atoms with Gasteiger partial charge in [-0.1, -0.05) is 43.6 Å². The van der Waals surface area contributed by atoms with Crippen LogP contribution in [0, 0.1) is 11.3 Å². The van der Waals surface area contributed by atoms with E-state index in [1.807, 2.05) is 6.07 Å². The number of halogens is 1. The van der Waals surface area contributed by atoms with Crippen molar-refractivity contribution in [1.29, 1.82) is 0 Å². The third-order valence-corrected chi connectivity index (χ3v) is 4.60. The Kier molecular flexibility index (Phi) is 7.04. The van der Waals surface area contributed by atoms with Gasteiger partial charge in [0.2, 0.25) is 0 Å². The molecule has 1 N–H and O–H groups in total. The SMILES string of the molecule is CCC(C)(CNCC(C)C)Cc1cc(OC)ccc1Br. The first-order valence-electron chi connectivity index (χ1n) is 7.43. The minimum Gasteiger partial charge on any atom is -0.497 e. The first-order valence-corrected chi connectivity index (χ1v) is 8.22. The first-order chi connectivity index (χ1) is 9.40. The van der Waals surface area contributed by atoms with Crippen molar-refractivity contribution in [2.75, 3.05) is 20.2 Å². The normalized spacial score (nSPS) is 14.3. The van der Waals surface area contributed by atoms with Crippen LogP contribution in [0.3, 0.4) is 0 Å². The van der Waals surface area contributed by atoms with Gasteiger partial charge in [0.1, 0.15) is 5.75 Å². The molecule has 1 aromatic rings. The number of rotatable bonds is 8. The summed E-state index contributed by atoms with van der Waals surface area (Å²) >= 11 is 3.66. The number of benzene rings is 1. The van der Waals surface area contributed by atoms with E-state index < -0.39 is 0 Å². The summed E-state index contributed by atoms with van der Waals surface area (Å²) in [5, 5.41) is 3.60. The summed E-state index contributed by atoms with van der Waals surface area (Å²) < 4.78 is 6.50. The molecule has 0 saturated carbocycles. The summed E-state index contributed by atoms with van der Waals surface area (Å²) in [5.41, 5.74) is 1.59. The smallest absolute Gasteiger partial charge is 0.119 e. The van der Waals surface area contributed by atoms with E-state index in [2.05, 4.69) is 61.1 Å². The Labute approximate surface area is 132 Å². The summed E-state index contributed by atoms with van der Waals surface area (Å²) in [5.74, 6) is 1.62. The fourth-order valence-corrected chi connectivity index (χ4v) is 2.64. The lowest BCUT2D eigenvalue weighted by Crippen LogP contribution is -2.35. The van der Waals surface area contributed by atoms with Gasteiger partial charge in [0.25, 0.3) is 0 Å². The molecule has 114 valence electrons. The number of methoxy groups -OCH3 is 1. The van der Waals surface area contributed by atoms with Crippen LogP contribution in [0.1, 0.15) is 39.7 Å². The van der Waals surface area contributed by atoms with E-state index in [1.165, 1.54) is 10.0 Å². The van der Waals surface area contributed by atoms with Gasteiger partial charge in [-0.15, -0.1) is 0 Å². The Balaban J connectivity index is 2.75. The Morgan fingerprint density at radius 2 is 2.05 bits per heavy atom. The molecule has 1 unspecified atom stereocenters. The highest BCUT2D eigenvalue weighted by Crippen LogP contribution is 2.31. The summed E-state index contributed by atoms with van der Waals surface area (Å²) in [6, 6.07) is 6.21. The molecule has 1 rings (SSSR count). The molecule has 0 saturated heterocycles. The molecule has 1 atom stereocenters. The lowest BCUT2D eigenvalue weighted by atomic mass is 9.81. The fourth-order valence-electron chi connectivity index (χ4n) is 2.25. The van der Waals surface area contributed by atoms with Crippen LogP contribution < -0.4 is 10.1 Å². The molecule has 1 aromatic carbocycles. The van der Waals surface area contributed by atoms with E-state index in [9.17, 15) is 0 Å². The van der Waals surface area contributed by atoms with Gasteiger partial charge < -0.3 is 10.1 Å². The monoisotopic (exact) mass is 341 g/mol. The number of nitrogens with one attached hydrogen (secondary N) is 1. The van der Waals surface area contributed by atoms with Crippen molar-refractivity contribution in [3.05, 3.63) is 28.2 Å². The van der Waals surface area contributed by atoms with Crippen LogP contribution in [0.15, 0.2) is 22.7 Å². The summed E-state index contributed by atoms with van der Waals surface area (Å²) in [6.45, 7) is 11.2. The van der Waals surface area contributed by atoms with Crippen LogP contribution in [-0.4, -0.2) is 20.2 Å². The molecule has 0 spiro atoms. The van der Waals surface area contributed by atoms with Crippen LogP contribution in [-0.2, 0) is 6.42 Å². The van der Waals surface area contributed by atoms with E-state index in [1.54, 1.807) is 7.11 Å². The van der Waals surface area contributed by atoms with Crippen LogP contribution in [0.4, 0.5) is 0 Å². The van der Waals surface area contributed by atoms with Crippen LogP contribution in [0.2, 0.25) is 0 Å². The minimum absolute atomic E-state index is 0.268. The van der Waals surface area contributed by atoms with E-state index >= 15 is 0 Å². The largest absolute Gasteiger partial charge is 0.497 e. The van der Waals surface area contributed by atoms with E-state index in [0.29, 0.717) is 5.92 Å². The van der Waals surface area contributed by atoms with Gasteiger partial charge in [-0.3, -0.25) is 0 Å². The van der Waals surface area contributed by atoms with Crippen molar-refractivity contribution in [3.8, 4) is 5.75 Å². The van der Waals surface area contributed by atoms with Gasteiger partial charge in [-0.25, -0.2) is 0 Å². The molecule has 0 fully saturated rings. The number of hydrogen-bond acceptors (Lipinski definition) is 2. The molecule has 0 amide bonds. The Morgan fingerprint density at radius 1 is 1.35 bits per heavy atom. The zero-order valence-corrected chi connectivity index (χ0v) is 15.0. The molecule has 0 aliphatic carbocycles. The van der Waals surface area contributed by atoms with Gasteiger partial charge in [0.15, 0.2) is 0 Å². The molecule has 20 heavy (non-hydrogen) atoms. The molecule has 0 aliphatic rings. The lowest BCUT2D eigenvalue weighted by molar-refractivity contribution is 0.284. The van der Waals surface area contributed by atoms with Crippen molar-refractivity contribution in [3.63, 3.8) is 0 Å². The summed E-state index contributed by atoms with van der Waals surface area (Å²) in [7, 11) is 1.72. The van der Waals surface area contributed by atoms with Crippen molar-refractivity contribution in [2.24, 2.45) is 11.3 Å². The highest BCUT2D eigenvalue weighted by molar-refractivity contribution is 9.10. The van der Waals surface area contributed by atoms with Crippen LogP contribution >= 0.6 is 15.9 Å². The fraction of sp³-hybridized carbons (Fsp3) is 0.647. The van der Waals surface area contributed by atoms with Crippen molar-refractivity contribution < 1.29 is 4.74 Å². The zero-order valence-electron chi connectivity index (χ0n) is 13.4. The lowest BCUT2D eigenvalue weighted by Gasteiger charge is -2.30.